The molecule has 7 heteroatoms. The van der Waals surface area contributed by atoms with Crippen LogP contribution in [-0.4, -0.2) is 50.0 Å². The molecule has 0 aromatic heterocycles. The third kappa shape index (κ3) is 3.70. The van der Waals surface area contributed by atoms with Crippen molar-refractivity contribution in [1.82, 2.24) is 10.2 Å². The smallest absolute Gasteiger partial charge is 0.239 e. The predicted molar refractivity (Wildman–Crippen MR) is 107 cm³/mol. The van der Waals surface area contributed by atoms with Crippen molar-refractivity contribution in [1.29, 1.82) is 0 Å². The maximum atomic E-state index is 13.4. The van der Waals surface area contributed by atoms with Crippen LogP contribution in [0.1, 0.15) is 18.0 Å². The molecule has 0 saturated carbocycles. The number of piperazine rings is 1. The first kappa shape index (κ1) is 19.4. The molecule has 152 valence electrons. The number of nitrogens with one attached hydrogen (secondary N) is 1. The molecule has 2 atom stereocenters. The van der Waals surface area contributed by atoms with Crippen LogP contribution in [0.2, 0.25) is 0 Å². The Balaban J connectivity index is 1.56. The Bertz CT molecular complexity index is 902. The third-order valence-corrected chi connectivity index (χ3v) is 5.67. The Hall–Kier alpha value is -2.93. The van der Waals surface area contributed by atoms with Gasteiger partial charge in [-0.1, -0.05) is 18.2 Å². The van der Waals surface area contributed by atoms with Crippen LogP contribution in [0, 0.1) is 11.7 Å². The van der Waals surface area contributed by atoms with Crippen LogP contribution in [0.4, 0.5) is 10.1 Å². The maximum absolute atomic E-state index is 13.4. The van der Waals surface area contributed by atoms with Gasteiger partial charge in [0.05, 0.1) is 13.2 Å². The van der Waals surface area contributed by atoms with Crippen LogP contribution < -0.4 is 15.0 Å². The molecule has 2 aliphatic heterocycles. The van der Waals surface area contributed by atoms with Gasteiger partial charge >= 0.3 is 0 Å². The van der Waals surface area contributed by atoms with E-state index in [2.05, 4.69) is 5.32 Å². The summed E-state index contributed by atoms with van der Waals surface area (Å²) in [5.74, 6) is -0.718. The summed E-state index contributed by atoms with van der Waals surface area (Å²) >= 11 is 0. The van der Waals surface area contributed by atoms with Gasteiger partial charge in [-0.3, -0.25) is 9.59 Å². The number of carbonyl (C=O) groups excluding carboxylic acids is 2. The van der Waals surface area contributed by atoms with Gasteiger partial charge in [0.15, 0.2) is 0 Å². The van der Waals surface area contributed by atoms with Crippen LogP contribution in [0.15, 0.2) is 48.5 Å². The Labute approximate surface area is 169 Å². The molecule has 0 radical (unpaired) electrons. The lowest BCUT2D eigenvalue weighted by Crippen LogP contribution is -2.51. The molecule has 0 spiro atoms. The molecule has 2 fully saturated rings. The summed E-state index contributed by atoms with van der Waals surface area (Å²) in [6.45, 7) is 2.27. The van der Waals surface area contributed by atoms with Crippen LogP contribution in [0.5, 0.6) is 5.75 Å². The topological polar surface area (TPSA) is 61.9 Å². The van der Waals surface area contributed by atoms with Gasteiger partial charge in [-0.15, -0.1) is 0 Å². The highest BCUT2D eigenvalue weighted by atomic mass is 19.1. The van der Waals surface area contributed by atoms with Gasteiger partial charge in [0.25, 0.3) is 0 Å². The molecular weight excluding hydrogens is 373 g/mol. The molecule has 0 bridgehead atoms. The molecule has 4 rings (SSSR count). The highest BCUT2D eigenvalue weighted by Gasteiger charge is 2.42. The number of halogens is 1. The Kier molecular flexibility index (Phi) is 5.49. The van der Waals surface area contributed by atoms with E-state index in [1.54, 1.807) is 29.0 Å². The van der Waals surface area contributed by atoms with Crippen molar-refractivity contribution in [3.63, 3.8) is 0 Å². The molecule has 1 N–H and O–H groups in total. The molecule has 2 unspecified atom stereocenters. The number of anilines is 1. The van der Waals surface area contributed by atoms with Crippen LogP contribution in [0.3, 0.4) is 0 Å². The van der Waals surface area contributed by atoms with Gasteiger partial charge in [0.2, 0.25) is 11.8 Å². The summed E-state index contributed by atoms with van der Waals surface area (Å²) in [4.78, 5) is 29.7. The number of hydrogen-bond donors (Lipinski definition) is 1. The van der Waals surface area contributed by atoms with Gasteiger partial charge in [0, 0.05) is 37.4 Å². The summed E-state index contributed by atoms with van der Waals surface area (Å²) < 4.78 is 18.7. The second kappa shape index (κ2) is 8.21. The van der Waals surface area contributed by atoms with Crippen LogP contribution in [-0.2, 0) is 9.59 Å². The van der Waals surface area contributed by atoms with Crippen LogP contribution in [0.25, 0.3) is 0 Å². The van der Waals surface area contributed by atoms with Gasteiger partial charge in [-0.05, 0) is 36.8 Å². The molecule has 0 aliphatic carbocycles. The van der Waals surface area contributed by atoms with E-state index < -0.39 is 5.92 Å². The van der Waals surface area contributed by atoms with E-state index in [1.165, 1.54) is 12.1 Å². The molecule has 29 heavy (non-hydrogen) atoms. The monoisotopic (exact) mass is 397 g/mol. The molecule has 2 amide bonds. The number of benzene rings is 2. The first-order valence-corrected chi connectivity index (χ1v) is 9.81. The number of ether oxygens (including phenoxy) is 1. The third-order valence-electron chi connectivity index (χ3n) is 5.67. The number of amides is 2. The van der Waals surface area contributed by atoms with Crippen molar-refractivity contribution in [3.05, 3.63) is 59.9 Å². The van der Waals surface area contributed by atoms with Crippen molar-refractivity contribution in [2.75, 3.05) is 38.2 Å². The Morgan fingerprint density at radius 1 is 1.14 bits per heavy atom. The quantitative estimate of drug-likeness (QED) is 0.805. The number of nitrogens with zero attached hydrogens (tertiary/aromatic N) is 2. The molecule has 6 nitrogen and oxygen atoms in total. The van der Waals surface area contributed by atoms with Gasteiger partial charge in [0.1, 0.15) is 17.5 Å². The fraction of sp³-hybridized carbons (Fsp3) is 0.364. The van der Waals surface area contributed by atoms with E-state index in [0.717, 1.165) is 11.3 Å². The van der Waals surface area contributed by atoms with E-state index in [0.29, 0.717) is 38.3 Å². The lowest BCUT2D eigenvalue weighted by atomic mass is 9.98. The van der Waals surface area contributed by atoms with Crippen molar-refractivity contribution in [3.8, 4) is 5.75 Å². The summed E-state index contributed by atoms with van der Waals surface area (Å²) in [5, 5.41) is 3.33. The zero-order valence-electron chi connectivity index (χ0n) is 16.3. The lowest BCUT2D eigenvalue weighted by molar-refractivity contribution is -0.142. The molecule has 2 heterocycles. The number of rotatable bonds is 4. The fourth-order valence-electron chi connectivity index (χ4n) is 4.17. The molecule has 2 aromatic carbocycles. The average molecular weight is 397 g/mol. The van der Waals surface area contributed by atoms with Crippen molar-refractivity contribution >= 4 is 17.5 Å². The maximum Gasteiger partial charge on any atom is 0.239 e. The molecular formula is C22H24FN3O3. The molecule has 2 saturated heterocycles. The average Bonchev–Trinajstić information content (AvgIpc) is 3.15. The standard InChI is InChI=1S/C22H24FN3O3/c1-29-20-5-3-2-4-17(20)19-14-24-11-13-26(19)22(28)18-10-12-25(21(18)27)16-8-6-15(23)7-9-16/h2-9,18-19,24H,10-14H2,1H3. The van der Waals surface area contributed by atoms with Crippen molar-refractivity contribution in [2.24, 2.45) is 5.92 Å². The van der Waals surface area contributed by atoms with Gasteiger partial charge in [-0.25, -0.2) is 4.39 Å². The number of hydrogen-bond acceptors (Lipinski definition) is 4. The molecule has 2 aromatic rings. The SMILES string of the molecule is COc1ccccc1C1CNCCN1C(=O)C1CCN(c2ccc(F)cc2)C1=O. The zero-order chi connectivity index (χ0) is 20.4. The Morgan fingerprint density at radius 3 is 2.66 bits per heavy atom. The van der Waals surface area contributed by atoms with Crippen molar-refractivity contribution in [2.45, 2.75) is 12.5 Å². The second-order valence-electron chi connectivity index (χ2n) is 7.30. The number of carbonyl (C=O) groups is 2. The van der Waals surface area contributed by atoms with E-state index in [-0.39, 0.29) is 23.7 Å². The molecule has 2 aliphatic rings. The summed E-state index contributed by atoms with van der Waals surface area (Å²) in [5.41, 5.74) is 1.55. The Morgan fingerprint density at radius 2 is 1.90 bits per heavy atom. The second-order valence-corrected chi connectivity index (χ2v) is 7.30. The first-order chi connectivity index (χ1) is 14.1. The minimum atomic E-state index is -0.713. The van der Waals surface area contributed by atoms with E-state index in [4.69, 9.17) is 4.74 Å². The largest absolute Gasteiger partial charge is 0.496 e. The summed E-state index contributed by atoms with van der Waals surface area (Å²) in [6.07, 6.45) is 0.456. The normalized spacial score (nSPS) is 22.1. The highest BCUT2D eigenvalue weighted by Crippen LogP contribution is 2.33. The van der Waals surface area contributed by atoms with Crippen molar-refractivity contribution < 1.29 is 18.7 Å². The minimum absolute atomic E-state index is 0.156. The predicted octanol–water partition coefficient (Wildman–Crippen LogP) is 2.36. The van der Waals surface area contributed by atoms with E-state index in [1.807, 2.05) is 24.3 Å². The summed E-state index contributed by atoms with van der Waals surface area (Å²) in [6, 6.07) is 13.3. The lowest BCUT2D eigenvalue weighted by Gasteiger charge is -2.38. The number of para-hydroxylation sites is 1. The minimum Gasteiger partial charge on any atom is -0.496 e. The van der Waals surface area contributed by atoms with E-state index in [9.17, 15) is 14.0 Å². The summed E-state index contributed by atoms with van der Waals surface area (Å²) in [7, 11) is 1.61. The first-order valence-electron chi connectivity index (χ1n) is 9.81. The highest BCUT2D eigenvalue weighted by molar-refractivity contribution is 6.09. The fourth-order valence-corrected chi connectivity index (χ4v) is 4.17. The zero-order valence-corrected chi connectivity index (χ0v) is 16.3. The number of methoxy groups -OCH3 is 1. The van der Waals surface area contributed by atoms with Gasteiger partial charge < -0.3 is 19.9 Å². The van der Waals surface area contributed by atoms with Gasteiger partial charge in [-0.2, -0.15) is 0 Å². The van der Waals surface area contributed by atoms with Crippen LogP contribution >= 0.6 is 0 Å². The van der Waals surface area contributed by atoms with E-state index >= 15 is 0 Å².